The van der Waals surface area contributed by atoms with E-state index in [2.05, 4.69) is 9.24 Å². The van der Waals surface area contributed by atoms with Crippen LogP contribution in [0.3, 0.4) is 0 Å². The van der Waals surface area contributed by atoms with E-state index in [1.807, 2.05) is 0 Å². The maximum atomic E-state index is 12.2. The van der Waals surface area contributed by atoms with Gasteiger partial charge in [-0.2, -0.15) is 0 Å². The number of rotatable bonds is 2. The molecule has 1 atom stereocenters. The van der Waals surface area contributed by atoms with Crippen LogP contribution in [0.15, 0.2) is 0 Å². The molecule has 2 heterocycles. The molecule has 7 nitrogen and oxygen atoms in total. The lowest BCUT2D eigenvalue weighted by Crippen LogP contribution is -2.49. The Balaban J connectivity index is 1.94. The highest BCUT2D eigenvalue weighted by Gasteiger charge is 2.46. The number of hydrogen-bond donors (Lipinski definition) is 0. The van der Waals surface area contributed by atoms with E-state index in [9.17, 15) is 9.59 Å². The van der Waals surface area contributed by atoms with Crippen molar-refractivity contribution in [1.82, 2.24) is 0 Å². The van der Waals surface area contributed by atoms with Gasteiger partial charge in [0, 0.05) is 0 Å². The maximum absolute atomic E-state index is 12.2. The fourth-order valence-corrected chi connectivity index (χ4v) is 2.07. The second-order valence-electron chi connectivity index (χ2n) is 5.98. The zero-order chi connectivity index (χ0) is 15.7. The first-order chi connectivity index (χ1) is 9.75. The summed E-state index contributed by atoms with van der Waals surface area (Å²) in [4.78, 5) is 24.4. The minimum atomic E-state index is -0.997. The fraction of sp³-hybridized carbons (Fsp3) is 0.846. The molecule has 0 amide bonds. The van der Waals surface area contributed by atoms with Crippen LogP contribution in [0.4, 0.5) is 0 Å². The van der Waals surface area contributed by atoms with E-state index >= 15 is 0 Å². The van der Waals surface area contributed by atoms with Crippen LogP contribution in [0.25, 0.3) is 0 Å². The summed E-state index contributed by atoms with van der Waals surface area (Å²) < 4.78 is 26.1. The molecule has 0 saturated carbocycles. The lowest BCUT2D eigenvalue weighted by atomic mass is 9.90. The average molecular weight is 320 g/mol. The van der Waals surface area contributed by atoms with Gasteiger partial charge >= 0.3 is 11.9 Å². The molecular formula is C13H21O7P. The Kier molecular flexibility index (Phi) is 5.00. The van der Waals surface area contributed by atoms with Crippen molar-refractivity contribution in [3.63, 3.8) is 0 Å². The Hall–Kier alpha value is -0.590. The van der Waals surface area contributed by atoms with Crippen LogP contribution in [-0.4, -0.2) is 50.7 Å². The van der Waals surface area contributed by atoms with Gasteiger partial charge in [-0.05, 0) is 20.8 Å². The lowest BCUT2D eigenvalue weighted by Gasteiger charge is -2.36. The van der Waals surface area contributed by atoms with Gasteiger partial charge in [0.1, 0.15) is 10.8 Å². The summed E-state index contributed by atoms with van der Waals surface area (Å²) in [6.07, 6.45) is -0.363. The monoisotopic (exact) mass is 320 g/mol. The van der Waals surface area contributed by atoms with Crippen LogP contribution >= 0.6 is 9.24 Å². The van der Waals surface area contributed by atoms with Crippen LogP contribution in [0.1, 0.15) is 20.8 Å². The third kappa shape index (κ3) is 3.79. The Bertz CT molecular complexity index is 371. The van der Waals surface area contributed by atoms with Crippen molar-refractivity contribution in [2.24, 2.45) is 10.8 Å². The highest BCUT2D eigenvalue weighted by molar-refractivity contribution is 7.16. The van der Waals surface area contributed by atoms with Crippen molar-refractivity contribution < 1.29 is 33.3 Å². The zero-order valence-corrected chi connectivity index (χ0v) is 13.6. The quantitative estimate of drug-likeness (QED) is 0.420. The Morgan fingerprint density at radius 2 is 1.33 bits per heavy atom. The second kappa shape index (κ2) is 6.26. The molecular weight excluding hydrogens is 299 g/mol. The van der Waals surface area contributed by atoms with Crippen molar-refractivity contribution in [3.05, 3.63) is 0 Å². The normalized spacial score (nSPS) is 40.6. The third-order valence-corrected chi connectivity index (χ3v) is 3.96. The van der Waals surface area contributed by atoms with Gasteiger partial charge in [0.2, 0.25) is 0 Å². The number of esters is 2. The van der Waals surface area contributed by atoms with Crippen molar-refractivity contribution >= 4 is 21.2 Å². The Labute approximate surface area is 125 Å². The van der Waals surface area contributed by atoms with Gasteiger partial charge in [0.25, 0.3) is 0 Å². The SMILES string of the molecule is CC1OCC(C)(C(=O)OC(=O)C2(C)COC(P)OC2)CO1. The minimum Gasteiger partial charge on any atom is -0.392 e. The number of carbonyl (C=O) groups is 2. The average Bonchev–Trinajstić information content (AvgIpc) is 2.45. The van der Waals surface area contributed by atoms with Crippen LogP contribution in [0.2, 0.25) is 0 Å². The Morgan fingerprint density at radius 3 is 1.76 bits per heavy atom. The first kappa shape index (κ1) is 16.8. The molecule has 0 aromatic heterocycles. The van der Waals surface area contributed by atoms with Gasteiger partial charge in [-0.15, -0.1) is 0 Å². The summed E-state index contributed by atoms with van der Waals surface area (Å²) in [6.45, 7) is 5.59. The van der Waals surface area contributed by atoms with Crippen molar-refractivity contribution in [2.45, 2.75) is 33.1 Å². The van der Waals surface area contributed by atoms with Crippen molar-refractivity contribution in [3.8, 4) is 0 Å². The standard InChI is InChI=1S/C13H21O7P/c1-8-16-4-12(2,5-17-8)9(14)20-10(15)13(3)6-18-11(21)19-7-13/h8,11H,4-7,21H2,1-3H3. The zero-order valence-electron chi connectivity index (χ0n) is 12.4. The first-order valence-corrected chi connectivity index (χ1v) is 7.41. The summed E-state index contributed by atoms with van der Waals surface area (Å²) in [5.41, 5.74) is -1.99. The predicted octanol–water partition coefficient (Wildman–Crippen LogP) is 0.667. The van der Waals surface area contributed by atoms with Crippen LogP contribution < -0.4 is 0 Å². The molecule has 2 saturated heterocycles. The maximum Gasteiger partial charge on any atom is 0.324 e. The predicted molar refractivity (Wildman–Crippen MR) is 74.1 cm³/mol. The molecule has 1 unspecified atom stereocenters. The molecule has 0 aliphatic carbocycles. The van der Waals surface area contributed by atoms with E-state index in [-0.39, 0.29) is 32.7 Å². The topological polar surface area (TPSA) is 80.3 Å². The van der Waals surface area contributed by atoms with Crippen LogP contribution in [0.5, 0.6) is 0 Å². The summed E-state index contributed by atoms with van der Waals surface area (Å²) in [7, 11) is 2.36. The van der Waals surface area contributed by atoms with Gasteiger partial charge in [-0.1, -0.05) is 9.24 Å². The molecule has 2 rings (SSSR count). The summed E-state index contributed by atoms with van der Waals surface area (Å²) in [5.74, 6) is -1.32. The third-order valence-electron chi connectivity index (χ3n) is 3.58. The molecule has 0 spiro atoms. The molecule has 0 bridgehead atoms. The summed E-state index contributed by atoms with van der Waals surface area (Å²) in [6, 6.07) is -0.444. The van der Waals surface area contributed by atoms with Gasteiger partial charge in [0.15, 0.2) is 12.3 Å². The van der Waals surface area contributed by atoms with E-state index in [0.29, 0.717) is 0 Å². The van der Waals surface area contributed by atoms with Gasteiger partial charge in [-0.3, -0.25) is 9.59 Å². The first-order valence-electron chi connectivity index (χ1n) is 6.74. The van der Waals surface area contributed by atoms with Gasteiger partial charge in [-0.25, -0.2) is 0 Å². The minimum absolute atomic E-state index is 0.133. The lowest BCUT2D eigenvalue weighted by molar-refractivity contribution is -0.229. The number of ether oxygens (including phenoxy) is 5. The molecule has 120 valence electrons. The van der Waals surface area contributed by atoms with Crippen LogP contribution in [0, 0.1) is 10.8 Å². The molecule has 0 N–H and O–H groups in total. The van der Waals surface area contributed by atoms with E-state index in [1.54, 1.807) is 20.8 Å². The summed E-state index contributed by atoms with van der Waals surface area (Å²) in [5, 5.41) is 0. The molecule has 0 aromatic rings. The van der Waals surface area contributed by atoms with Crippen LogP contribution in [-0.2, 0) is 33.3 Å². The molecule has 2 aliphatic heterocycles. The molecule has 0 aromatic carbocycles. The highest BCUT2D eigenvalue weighted by Crippen LogP contribution is 2.30. The molecule has 21 heavy (non-hydrogen) atoms. The number of carbonyl (C=O) groups excluding carboxylic acids is 2. The second-order valence-corrected chi connectivity index (χ2v) is 6.52. The smallest absolute Gasteiger partial charge is 0.324 e. The van der Waals surface area contributed by atoms with E-state index in [4.69, 9.17) is 23.7 Å². The number of hydrogen-bond acceptors (Lipinski definition) is 7. The van der Waals surface area contributed by atoms with Crippen molar-refractivity contribution in [1.29, 1.82) is 0 Å². The van der Waals surface area contributed by atoms with Crippen molar-refractivity contribution in [2.75, 3.05) is 26.4 Å². The van der Waals surface area contributed by atoms with E-state index in [0.717, 1.165) is 0 Å². The molecule has 2 aliphatic rings. The molecule has 8 heteroatoms. The van der Waals surface area contributed by atoms with E-state index in [1.165, 1.54) is 0 Å². The highest BCUT2D eigenvalue weighted by atomic mass is 31.0. The summed E-state index contributed by atoms with van der Waals surface area (Å²) >= 11 is 0. The molecule has 0 radical (unpaired) electrons. The fourth-order valence-electron chi connectivity index (χ4n) is 1.88. The van der Waals surface area contributed by atoms with E-state index < -0.39 is 28.8 Å². The largest absolute Gasteiger partial charge is 0.392 e. The Morgan fingerprint density at radius 1 is 0.952 bits per heavy atom. The van der Waals surface area contributed by atoms with Gasteiger partial charge in [0.05, 0.1) is 26.4 Å². The van der Waals surface area contributed by atoms with Gasteiger partial charge < -0.3 is 23.7 Å². The molecule has 2 fully saturated rings.